The van der Waals surface area contributed by atoms with Crippen LogP contribution in [0.1, 0.15) is 34.1 Å². The van der Waals surface area contributed by atoms with E-state index in [1.807, 2.05) is 20.8 Å². The smallest absolute Gasteiger partial charge is 0.108 e. The fraction of sp³-hybridized carbons (Fsp3) is 1.00. The maximum absolute atomic E-state index is 10.3. The van der Waals surface area contributed by atoms with Crippen LogP contribution in [0.15, 0.2) is 0 Å². The molecule has 0 heterocycles. The van der Waals surface area contributed by atoms with E-state index in [9.17, 15) is 25.5 Å². The van der Waals surface area contributed by atoms with Gasteiger partial charge in [0.2, 0.25) is 0 Å². The average molecular weight is 427 g/mol. The molecule has 6 N–H and O–H groups in total. The average Bonchev–Trinajstić information content (AvgIpc) is 2.72. The first-order valence-corrected chi connectivity index (χ1v) is 10.4. The van der Waals surface area contributed by atoms with Gasteiger partial charge in [0.05, 0.1) is 44.7 Å². The third kappa shape index (κ3) is 11.0. The molecule has 0 amide bonds. The number of hydrogen-bond donors (Lipinski definition) is 6. The Morgan fingerprint density at radius 2 is 1.21 bits per heavy atom. The van der Waals surface area contributed by atoms with Crippen LogP contribution in [-0.4, -0.2) is 107 Å². The Kier molecular flexibility index (Phi) is 16.1. The second-order valence-electron chi connectivity index (χ2n) is 7.52. The van der Waals surface area contributed by atoms with E-state index in [1.54, 1.807) is 0 Å². The number of rotatable bonds is 18. The molecule has 0 aromatic carbocycles. The molecule has 0 saturated heterocycles. The summed E-state index contributed by atoms with van der Waals surface area (Å²) in [5.41, 5.74) is 0. The Morgan fingerprint density at radius 3 is 1.69 bits per heavy atom. The number of aliphatic hydroxyl groups excluding tert-OH is 6. The monoisotopic (exact) mass is 426 g/mol. The van der Waals surface area contributed by atoms with Crippen LogP contribution in [0, 0.1) is 17.8 Å². The summed E-state index contributed by atoms with van der Waals surface area (Å²) in [6.07, 6.45) is -5.59. The molecular formula is C20H42O9. The van der Waals surface area contributed by atoms with E-state index in [-0.39, 0.29) is 25.0 Å². The second kappa shape index (κ2) is 16.3. The summed E-state index contributed by atoms with van der Waals surface area (Å²) in [7, 11) is 0. The number of aliphatic hydroxyl groups is 6. The summed E-state index contributed by atoms with van der Waals surface area (Å²) in [5, 5.41) is 58.6. The van der Waals surface area contributed by atoms with E-state index in [2.05, 4.69) is 0 Å². The van der Waals surface area contributed by atoms with Crippen LogP contribution < -0.4 is 0 Å². The zero-order chi connectivity index (χ0) is 22.4. The van der Waals surface area contributed by atoms with E-state index in [0.29, 0.717) is 32.8 Å². The molecule has 9 heteroatoms. The molecule has 0 radical (unpaired) electrons. The lowest BCUT2D eigenvalue weighted by Crippen LogP contribution is -2.45. The molecule has 0 bridgehead atoms. The van der Waals surface area contributed by atoms with Crippen molar-refractivity contribution in [1.82, 2.24) is 0 Å². The summed E-state index contributed by atoms with van der Waals surface area (Å²) >= 11 is 0. The van der Waals surface area contributed by atoms with E-state index in [4.69, 9.17) is 19.3 Å². The predicted molar refractivity (Wildman–Crippen MR) is 107 cm³/mol. The van der Waals surface area contributed by atoms with Crippen LogP contribution in [0.5, 0.6) is 0 Å². The standard InChI is InChI=1S/C20H42O9/c1-5-27-10-15(19(25)20(26)17(23)9-21)7-8-29-12-16(11-28-6-2)13(3)18(24)14(4)22/h13-26H,5-12H2,1-4H3. The highest BCUT2D eigenvalue weighted by molar-refractivity contribution is 4.81. The molecule has 9 nitrogen and oxygen atoms in total. The van der Waals surface area contributed by atoms with Crippen LogP contribution in [0.3, 0.4) is 0 Å². The fourth-order valence-electron chi connectivity index (χ4n) is 3.04. The van der Waals surface area contributed by atoms with Gasteiger partial charge >= 0.3 is 0 Å². The van der Waals surface area contributed by atoms with Gasteiger partial charge in [0, 0.05) is 31.7 Å². The molecule has 0 aromatic heterocycles. The van der Waals surface area contributed by atoms with Gasteiger partial charge in [0.15, 0.2) is 0 Å². The Balaban J connectivity index is 4.73. The van der Waals surface area contributed by atoms with Gasteiger partial charge in [-0.15, -0.1) is 0 Å². The quantitative estimate of drug-likeness (QED) is 0.154. The van der Waals surface area contributed by atoms with Gasteiger partial charge in [0.25, 0.3) is 0 Å². The lowest BCUT2D eigenvalue weighted by molar-refractivity contribution is -0.110. The summed E-state index contributed by atoms with van der Waals surface area (Å²) in [4.78, 5) is 0. The molecule has 29 heavy (non-hydrogen) atoms. The Bertz CT molecular complexity index is 383. The Hall–Kier alpha value is -0.360. The van der Waals surface area contributed by atoms with Crippen LogP contribution in [0.2, 0.25) is 0 Å². The molecule has 0 spiro atoms. The van der Waals surface area contributed by atoms with Crippen molar-refractivity contribution in [3.63, 3.8) is 0 Å². The van der Waals surface area contributed by atoms with Gasteiger partial charge in [-0.25, -0.2) is 0 Å². The van der Waals surface area contributed by atoms with Crippen molar-refractivity contribution < 1.29 is 44.8 Å². The van der Waals surface area contributed by atoms with Crippen molar-refractivity contribution in [2.24, 2.45) is 17.8 Å². The molecule has 0 aliphatic heterocycles. The van der Waals surface area contributed by atoms with Gasteiger partial charge in [-0.05, 0) is 33.1 Å². The van der Waals surface area contributed by atoms with Crippen LogP contribution in [0.25, 0.3) is 0 Å². The zero-order valence-electron chi connectivity index (χ0n) is 18.2. The van der Waals surface area contributed by atoms with Crippen molar-refractivity contribution in [1.29, 1.82) is 0 Å². The molecule has 176 valence electrons. The first-order valence-electron chi connectivity index (χ1n) is 10.4. The Labute approximate surface area is 174 Å². The molecule has 8 unspecified atom stereocenters. The van der Waals surface area contributed by atoms with Gasteiger partial charge in [0.1, 0.15) is 12.2 Å². The van der Waals surface area contributed by atoms with Crippen LogP contribution >= 0.6 is 0 Å². The predicted octanol–water partition coefficient (Wildman–Crippen LogP) is -0.849. The maximum atomic E-state index is 10.3. The topological polar surface area (TPSA) is 149 Å². The van der Waals surface area contributed by atoms with E-state index >= 15 is 0 Å². The SMILES string of the molecule is CCOCC(COCCC(COCC)C(O)C(O)C(O)CO)C(C)C(O)C(C)O. The highest BCUT2D eigenvalue weighted by Gasteiger charge is 2.31. The van der Waals surface area contributed by atoms with Gasteiger partial charge < -0.3 is 44.8 Å². The highest BCUT2D eigenvalue weighted by Crippen LogP contribution is 2.21. The third-order valence-corrected chi connectivity index (χ3v) is 5.23. The Morgan fingerprint density at radius 1 is 0.690 bits per heavy atom. The normalized spacial score (nSPS) is 20.5. The van der Waals surface area contributed by atoms with Crippen molar-refractivity contribution in [3.8, 4) is 0 Å². The van der Waals surface area contributed by atoms with Gasteiger partial charge in [-0.3, -0.25) is 0 Å². The van der Waals surface area contributed by atoms with Gasteiger partial charge in [-0.2, -0.15) is 0 Å². The van der Waals surface area contributed by atoms with E-state index < -0.39 is 43.0 Å². The minimum atomic E-state index is -1.49. The fourth-order valence-corrected chi connectivity index (χ4v) is 3.04. The number of hydrogen-bond acceptors (Lipinski definition) is 9. The lowest BCUT2D eigenvalue weighted by atomic mass is 9.88. The van der Waals surface area contributed by atoms with Crippen molar-refractivity contribution >= 4 is 0 Å². The highest BCUT2D eigenvalue weighted by atomic mass is 16.5. The minimum Gasteiger partial charge on any atom is -0.394 e. The van der Waals surface area contributed by atoms with Crippen molar-refractivity contribution in [3.05, 3.63) is 0 Å². The first kappa shape index (κ1) is 28.6. The molecule has 0 aromatic rings. The largest absolute Gasteiger partial charge is 0.394 e. The summed E-state index contributed by atoms with van der Waals surface area (Å²) in [5.74, 6) is -0.860. The molecular weight excluding hydrogens is 384 g/mol. The van der Waals surface area contributed by atoms with Crippen molar-refractivity contribution in [2.45, 2.75) is 64.6 Å². The molecule has 0 aliphatic rings. The summed E-state index contributed by atoms with van der Waals surface area (Å²) in [6, 6.07) is 0. The van der Waals surface area contributed by atoms with Crippen LogP contribution in [0.4, 0.5) is 0 Å². The zero-order valence-corrected chi connectivity index (χ0v) is 18.2. The molecule has 0 fully saturated rings. The van der Waals surface area contributed by atoms with E-state index in [1.165, 1.54) is 6.92 Å². The summed E-state index contributed by atoms with van der Waals surface area (Å²) in [6.45, 7) is 8.48. The lowest BCUT2D eigenvalue weighted by Gasteiger charge is -2.30. The van der Waals surface area contributed by atoms with Gasteiger partial charge in [-0.1, -0.05) is 6.92 Å². The maximum Gasteiger partial charge on any atom is 0.108 e. The summed E-state index contributed by atoms with van der Waals surface area (Å²) < 4.78 is 16.6. The molecule has 8 atom stereocenters. The second-order valence-corrected chi connectivity index (χ2v) is 7.52. The third-order valence-electron chi connectivity index (χ3n) is 5.23. The molecule has 0 aliphatic carbocycles. The van der Waals surface area contributed by atoms with Crippen molar-refractivity contribution in [2.75, 3.05) is 46.2 Å². The number of ether oxygens (including phenoxy) is 3. The first-order chi connectivity index (χ1) is 13.7. The van der Waals surface area contributed by atoms with Crippen LogP contribution in [-0.2, 0) is 14.2 Å². The minimum absolute atomic E-state index is 0.128. The van der Waals surface area contributed by atoms with E-state index in [0.717, 1.165) is 0 Å². The molecule has 0 rings (SSSR count). The molecule has 0 saturated carbocycles.